The molecule has 4 heterocycles. The summed E-state index contributed by atoms with van der Waals surface area (Å²) in [6.07, 6.45) is 2.19. The van der Waals surface area contributed by atoms with Crippen LogP contribution in [0.5, 0.6) is 0 Å². The first-order chi connectivity index (χ1) is 13.1. The number of rotatable bonds is 6. The molecule has 4 rings (SSSR count). The number of aromatic amines is 1. The van der Waals surface area contributed by atoms with Crippen LogP contribution in [-0.4, -0.2) is 39.6 Å². The van der Waals surface area contributed by atoms with Crippen LogP contribution in [0.3, 0.4) is 0 Å². The molecule has 140 valence electrons. The first-order valence-electron chi connectivity index (χ1n) is 8.26. The molecule has 0 unspecified atom stereocenters. The average Bonchev–Trinajstić information content (AvgIpc) is 3.39. The maximum atomic E-state index is 12.6. The fraction of sp³-hybridized carbons (Fsp3) is 0.312. The van der Waals surface area contributed by atoms with E-state index in [-0.39, 0.29) is 11.2 Å². The van der Waals surface area contributed by atoms with Crippen molar-refractivity contribution in [1.82, 2.24) is 33.9 Å². The average molecular weight is 403 g/mol. The second kappa shape index (κ2) is 7.16. The summed E-state index contributed by atoms with van der Waals surface area (Å²) in [4.78, 5) is 34.7. The highest BCUT2D eigenvalue weighted by Crippen LogP contribution is 2.23. The van der Waals surface area contributed by atoms with Gasteiger partial charge in [-0.05, 0) is 17.9 Å². The van der Waals surface area contributed by atoms with Crippen molar-refractivity contribution in [3.63, 3.8) is 0 Å². The molecular formula is C16H17N7O2S2. The van der Waals surface area contributed by atoms with E-state index < -0.39 is 0 Å². The lowest BCUT2D eigenvalue weighted by Gasteiger charge is -2.08. The van der Waals surface area contributed by atoms with Gasteiger partial charge in [-0.25, -0.2) is 14.8 Å². The van der Waals surface area contributed by atoms with Crippen LogP contribution in [0, 0.1) is 0 Å². The highest BCUT2D eigenvalue weighted by molar-refractivity contribution is 7.99. The number of fused-ring (bicyclic) bond motifs is 1. The third kappa shape index (κ3) is 3.23. The summed E-state index contributed by atoms with van der Waals surface area (Å²) < 4.78 is 4.31. The summed E-state index contributed by atoms with van der Waals surface area (Å²) in [6.45, 7) is 0.335. The van der Waals surface area contributed by atoms with Gasteiger partial charge in [-0.3, -0.25) is 19.0 Å². The highest BCUT2D eigenvalue weighted by atomic mass is 32.2. The molecule has 1 N–H and O–H groups in total. The summed E-state index contributed by atoms with van der Waals surface area (Å²) in [5.41, 5.74) is 0.171. The number of aromatic nitrogens is 7. The Balaban J connectivity index is 1.45. The molecule has 27 heavy (non-hydrogen) atoms. The quantitative estimate of drug-likeness (QED) is 0.386. The minimum absolute atomic E-state index is 0.309. The molecule has 4 aromatic rings. The van der Waals surface area contributed by atoms with Crippen molar-refractivity contribution >= 4 is 34.3 Å². The molecule has 0 saturated carbocycles. The lowest BCUT2D eigenvalue weighted by molar-refractivity contribution is 0.594. The predicted molar refractivity (Wildman–Crippen MR) is 105 cm³/mol. The Bertz CT molecular complexity index is 1200. The number of aryl methyl sites for hydroxylation is 2. The second-order valence-corrected chi connectivity index (χ2v) is 7.98. The first kappa shape index (κ1) is 17.7. The van der Waals surface area contributed by atoms with Crippen LogP contribution in [0.4, 0.5) is 0 Å². The molecule has 11 heteroatoms. The van der Waals surface area contributed by atoms with Gasteiger partial charge in [-0.15, -0.1) is 16.4 Å². The van der Waals surface area contributed by atoms with Crippen LogP contribution in [0.1, 0.15) is 6.42 Å². The van der Waals surface area contributed by atoms with E-state index in [4.69, 9.17) is 0 Å². The Hall–Kier alpha value is -2.66. The van der Waals surface area contributed by atoms with Gasteiger partial charge < -0.3 is 4.57 Å². The summed E-state index contributed by atoms with van der Waals surface area (Å²) >= 11 is 3.09. The predicted octanol–water partition coefficient (Wildman–Crippen LogP) is 1.46. The zero-order valence-electron chi connectivity index (χ0n) is 14.7. The van der Waals surface area contributed by atoms with Crippen LogP contribution in [-0.2, 0) is 20.6 Å². The highest BCUT2D eigenvalue weighted by Gasteiger charge is 2.14. The zero-order chi connectivity index (χ0) is 19.0. The van der Waals surface area contributed by atoms with Crippen LogP contribution >= 0.6 is 23.1 Å². The molecule has 0 aliphatic rings. The fourth-order valence-electron chi connectivity index (χ4n) is 2.81. The Morgan fingerprint density at radius 3 is 2.93 bits per heavy atom. The number of hydrogen-bond acceptors (Lipinski definition) is 7. The Kier molecular flexibility index (Phi) is 4.70. The maximum absolute atomic E-state index is 12.6. The third-order valence-electron chi connectivity index (χ3n) is 4.18. The topological polar surface area (TPSA) is 103 Å². The summed E-state index contributed by atoms with van der Waals surface area (Å²) in [5.74, 6) is 1.44. The zero-order valence-corrected chi connectivity index (χ0v) is 16.4. The van der Waals surface area contributed by atoms with Gasteiger partial charge in [0, 0.05) is 26.4 Å². The molecule has 0 radical (unpaired) electrons. The number of imidazole rings is 1. The van der Waals surface area contributed by atoms with Gasteiger partial charge in [-0.1, -0.05) is 17.8 Å². The minimum atomic E-state index is -0.353. The van der Waals surface area contributed by atoms with Crippen molar-refractivity contribution < 1.29 is 0 Å². The van der Waals surface area contributed by atoms with Crippen molar-refractivity contribution in [2.45, 2.75) is 18.1 Å². The van der Waals surface area contributed by atoms with Crippen molar-refractivity contribution in [2.24, 2.45) is 14.1 Å². The van der Waals surface area contributed by atoms with Gasteiger partial charge in [0.25, 0.3) is 5.56 Å². The van der Waals surface area contributed by atoms with E-state index in [0.29, 0.717) is 35.0 Å². The summed E-state index contributed by atoms with van der Waals surface area (Å²) in [7, 11) is 3.37. The molecule has 0 spiro atoms. The molecule has 4 aromatic heterocycles. The van der Waals surface area contributed by atoms with Crippen molar-refractivity contribution in [3.05, 3.63) is 44.7 Å². The van der Waals surface area contributed by atoms with Gasteiger partial charge in [-0.2, -0.15) is 0 Å². The number of nitrogens with one attached hydrogen (secondary N) is 1. The molecule has 0 amide bonds. The van der Waals surface area contributed by atoms with E-state index in [1.165, 1.54) is 20.9 Å². The summed E-state index contributed by atoms with van der Waals surface area (Å²) in [6, 6.07) is 3.95. The molecule has 0 aliphatic heterocycles. The third-order valence-corrected chi connectivity index (χ3v) is 5.99. The number of hydrogen-bond donors (Lipinski definition) is 1. The molecule has 0 atom stereocenters. The number of H-pyrrole nitrogens is 1. The molecule has 9 nitrogen and oxygen atoms in total. The lowest BCUT2D eigenvalue weighted by Crippen LogP contribution is -2.39. The Labute approximate surface area is 161 Å². The monoisotopic (exact) mass is 403 g/mol. The Morgan fingerprint density at radius 1 is 1.30 bits per heavy atom. The van der Waals surface area contributed by atoms with E-state index in [2.05, 4.69) is 20.2 Å². The van der Waals surface area contributed by atoms with Crippen LogP contribution < -0.4 is 11.2 Å². The van der Waals surface area contributed by atoms with Crippen LogP contribution in [0.15, 0.2) is 38.6 Å². The maximum Gasteiger partial charge on any atom is 0.332 e. The first-order valence-corrected chi connectivity index (χ1v) is 10.1. The smallest absolute Gasteiger partial charge is 0.328 e. The van der Waals surface area contributed by atoms with E-state index in [1.807, 2.05) is 17.5 Å². The number of thioether (sulfide) groups is 1. The Morgan fingerprint density at radius 2 is 2.15 bits per heavy atom. The number of nitrogens with zero attached hydrogens (tertiary/aromatic N) is 6. The molecule has 0 bridgehead atoms. The molecule has 0 fully saturated rings. The molecule has 0 aromatic carbocycles. The van der Waals surface area contributed by atoms with Gasteiger partial charge >= 0.3 is 5.69 Å². The normalized spacial score (nSPS) is 11.5. The van der Waals surface area contributed by atoms with Gasteiger partial charge in [0.2, 0.25) is 5.16 Å². The van der Waals surface area contributed by atoms with Crippen molar-refractivity contribution in [2.75, 3.05) is 5.75 Å². The standard InChI is InChI=1S/C16H17N7O2S2/c1-21-9-17-13-11(21)14(24)23(16(25)22(13)2)6-4-8-27-15-18-12(19-20-15)10-5-3-7-26-10/h3,5,7,9H,4,6,8H2,1-2H3,(H,18,19,20). The van der Waals surface area contributed by atoms with E-state index in [0.717, 1.165) is 10.7 Å². The van der Waals surface area contributed by atoms with Crippen molar-refractivity contribution in [3.8, 4) is 10.7 Å². The van der Waals surface area contributed by atoms with E-state index >= 15 is 0 Å². The van der Waals surface area contributed by atoms with Crippen LogP contribution in [0.25, 0.3) is 21.9 Å². The SMILES string of the molecule is Cn1cnc2c1c(=O)n(CCCSc1n[nH]c(-c3cccs3)n1)c(=O)n2C. The lowest BCUT2D eigenvalue weighted by atomic mass is 10.4. The fourth-order valence-corrected chi connectivity index (χ4v) is 4.20. The second-order valence-electron chi connectivity index (χ2n) is 5.97. The van der Waals surface area contributed by atoms with Gasteiger partial charge in [0.05, 0.1) is 11.2 Å². The van der Waals surface area contributed by atoms with Gasteiger partial charge in [0.1, 0.15) is 0 Å². The molecule has 0 saturated heterocycles. The van der Waals surface area contributed by atoms with Crippen molar-refractivity contribution in [1.29, 1.82) is 0 Å². The molecular weight excluding hydrogens is 386 g/mol. The van der Waals surface area contributed by atoms with Gasteiger partial charge in [0.15, 0.2) is 17.0 Å². The van der Waals surface area contributed by atoms with E-state index in [1.54, 1.807) is 36.3 Å². The minimum Gasteiger partial charge on any atom is -0.328 e. The summed E-state index contributed by atoms with van der Waals surface area (Å²) in [5, 5.41) is 9.77. The largest absolute Gasteiger partial charge is 0.332 e. The van der Waals surface area contributed by atoms with Crippen LogP contribution in [0.2, 0.25) is 0 Å². The molecule has 0 aliphatic carbocycles. The number of thiophene rings is 1. The van der Waals surface area contributed by atoms with E-state index in [9.17, 15) is 9.59 Å².